The molecule has 1 fully saturated rings. The SMILES string of the molecule is NC1(CNC(=O)c2c(F)cc(F)cc2F)CCC1. The molecule has 18 heavy (non-hydrogen) atoms. The van der Waals surface area contributed by atoms with Gasteiger partial charge in [-0.2, -0.15) is 0 Å². The molecule has 3 nitrogen and oxygen atoms in total. The van der Waals surface area contributed by atoms with Gasteiger partial charge in [-0.1, -0.05) is 0 Å². The second kappa shape index (κ2) is 4.61. The minimum atomic E-state index is -1.22. The molecule has 0 atom stereocenters. The van der Waals surface area contributed by atoms with Crippen molar-refractivity contribution in [2.45, 2.75) is 24.8 Å². The van der Waals surface area contributed by atoms with Gasteiger partial charge in [-0.05, 0) is 19.3 Å². The van der Waals surface area contributed by atoms with Crippen LogP contribution in [0, 0.1) is 17.5 Å². The zero-order valence-corrected chi connectivity index (χ0v) is 9.60. The molecule has 1 aliphatic carbocycles. The molecule has 1 amide bonds. The summed E-state index contributed by atoms with van der Waals surface area (Å²) < 4.78 is 39.3. The molecule has 1 aromatic carbocycles. The highest BCUT2D eigenvalue weighted by Gasteiger charge is 2.33. The molecule has 0 spiro atoms. The average Bonchev–Trinajstić information content (AvgIpc) is 2.22. The zero-order valence-electron chi connectivity index (χ0n) is 9.60. The summed E-state index contributed by atoms with van der Waals surface area (Å²) in [6.45, 7) is 0.155. The van der Waals surface area contributed by atoms with Crippen LogP contribution in [0.1, 0.15) is 29.6 Å². The molecule has 0 radical (unpaired) electrons. The van der Waals surface area contributed by atoms with E-state index < -0.39 is 34.5 Å². The molecule has 0 saturated heterocycles. The van der Waals surface area contributed by atoms with E-state index in [1.54, 1.807) is 0 Å². The first kappa shape index (κ1) is 12.9. The summed E-state index contributed by atoms with van der Waals surface area (Å²) in [6, 6.07) is 0.944. The minimum absolute atomic E-state index is 0.155. The number of carbonyl (C=O) groups excluding carboxylic acids is 1. The van der Waals surface area contributed by atoms with Crippen molar-refractivity contribution in [2.24, 2.45) is 5.73 Å². The van der Waals surface area contributed by atoms with E-state index in [4.69, 9.17) is 5.73 Å². The van der Waals surface area contributed by atoms with Gasteiger partial charge in [-0.3, -0.25) is 4.79 Å². The van der Waals surface area contributed by atoms with E-state index in [2.05, 4.69) is 5.32 Å². The largest absolute Gasteiger partial charge is 0.350 e. The summed E-state index contributed by atoms with van der Waals surface area (Å²) in [5.41, 5.74) is 4.61. The Balaban J connectivity index is 2.09. The molecule has 98 valence electrons. The van der Waals surface area contributed by atoms with Crippen molar-refractivity contribution in [3.63, 3.8) is 0 Å². The zero-order chi connectivity index (χ0) is 13.3. The van der Waals surface area contributed by atoms with Crippen LogP contribution in [-0.4, -0.2) is 18.0 Å². The van der Waals surface area contributed by atoms with E-state index in [1.807, 2.05) is 0 Å². The Morgan fingerprint density at radius 1 is 1.28 bits per heavy atom. The Bertz CT molecular complexity index is 463. The van der Waals surface area contributed by atoms with Crippen molar-refractivity contribution < 1.29 is 18.0 Å². The van der Waals surface area contributed by atoms with Gasteiger partial charge in [0, 0.05) is 24.2 Å². The number of hydrogen-bond acceptors (Lipinski definition) is 2. The summed E-state index contributed by atoms with van der Waals surface area (Å²) in [7, 11) is 0. The molecule has 0 bridgehead atoms. The minimum Gasteiger partial charge on any atom is -0.350 e. The Morgan fingerprint density at radius 3 is 2.28 bits per heavy atom. The van der Waals surface area contributed by atoms with Crippen LogP contribution in [0.4, 0.5) is 13.2 Å². The van der Waals surface area contributed by atoms with Crippen LogP contribution >= 0.6 is 0 Å². The van der Waals surface area contributed by atoms with Gasteiger partial charge in [0.1, 0.15) is 23.0 Å². The van der Waals surface area contributed by atoms with Gasteiger partial charge < -0.3 is 11.1 Å². The summed E-state index contributed by atoms with van der Waals surface area (Å²) in [6.07, 6.45) is 2.51. The topological polar surface area (TPSA) is 55.1 Å². The molecule has 3 N–H and O–H groups in total. The second-order valence-corrected chi connectivity index (χ2v) is 4.64. The molecule has 2 rings (SSSR count). The maximum atomic E-state index is 13.3. The van der Waals surface area contributed by atoms with Gasteiger partial charge in [-0.15, -0.1) is 0 Å². The molecule has 1 aromatic rings. The summed E-state index contributed by atoms with van der Waals surface area (Å²) >= 11 is 0. The maximum absolute atomic E-state index is 13.3. The number of nitrogens with two attached hydrogens (primary N) is 1. The van der Waals surface area contributed by atoms with E-state index in [1.165, 1.54) is 0 Å². The highest BCUT2D eigenvalue weighted by Crippen LogP contribution is 2.28. The van der Waals surface area contributed by atoms with Gasteiger partial charge in [0.15, 0.2) is 0 Å². The predicted octanol–water partition coefficient (Wildman–Crippen LogP) is 1.72. The molecule has 0 unspecified atom stereocenters. The van der Waals surface area contributed by atoms with Crippen LogP contribution in [0.5, 0.6) is 0 Å². The number of rotatable bonds is 3. The van der Waals surface area contributed by atoms with Crippen molar-refractivity contribution in [3.8, 4) is 0 Å². The van der Waals surface area contributed by atoms with Gasteiger partial charge in [-0.25, -0.2) is 13.2 Å². The number of hydrogen-bond donors (Lipinski definition) is 2. The highest BCUT2D eigenvalue weighted by atomic mass is 19.1. The Labute approximate surface area is 102 Å². The van der Waals surface area contributed by atoms with Crippen molar-refractivity contribution in [1.29, 1.82) is 0 Å². The summed E-state index contributed by atoms with van der Waals surface area (Å²) in [5.74, 6) is -4.41. The molecule has 1 saturated carbocycles. The lowest BCUT2D eigenvalue weighted by Gasteiger charge is -2.38. The van der Waals surface area contributed by atoms with Crippen LogP contribution in [0.2, 0.25) is 0 Å². The third-order valence-corrected chi connectivity index (χ3v) is 3.18. The van der Waals surface area contributed by atoms with E-state index >= 15 is 0 Å². The number of carbonyl (C=O) groups is 1. The first-order valence-electron chi connectivity index (χ1n) is 5.63. The third-order valence-electron chi connectivity index (χ3n) is 3.18. The van der Waals surface area contributed by atoms with Gasteiger partial charge in [0.05, 0.1) is 0 Å². The molecule has 1 aliphatic rings. The van der Waals surface area contributed by atoms with Crippen LogP contribution < -0.4 is 11.1 Å². The normalized spacial score (nSPS) is 17.1. The van der Waals surface area contributed by atoms with E-state index in [-0.39, 0.29) is 6.54 Å². The molecular weight excluding hydrogens is 245 g/mol. The fourth-order valence-electron chi connectivity index (χ4n) is 1.91. The first-order chi connectivity index (χ1) is 8.41. The number of nitrogens with one attached hydrogen (secondary N) is 1. The van der Waals surface area contributed by atoms with Crippen LogP contribution in [0.3, 0.4) is 0 Å². The fraction of sp³-hybridized carbons (Fsp3) is 0.417. The molecule has 0 aromatic heterocycles. The van der Waals surface area contributed by atoms with Gasteiger partial charge in [0.25, 0.3) is 5.91 Å². The average molecular weight is 258 g/mol. The second-order valence-electron chi connectivity index (χ2n) is 4.64. The smallest absolute Gasteiger partial charge is 0.257 e. The first-order valence-corrected chi connectivity index (χ1v) is 5.63. The van der Waals surface area contributed by atoms with E-state index in [9.17, 15) is 18.0 Å². The molecule has 6 heteroatoms. The van der Waals surface area contributed by atoms with Crippen LogP contribution in [0.15, 0.2) is 12.1 Å². The Morgan fingerprint density at radius 2 is 1.83 bits per heavy atom. The summed E-state index contributed by atoms with van der Waals surface area (Å²) in [5, 5.41) is 2.38. The van der Waals surface area contributed by atoms with Crippen molar-refractivity contribution in [3.05, 3.63) is 35.1 Å². The van der Waals surface area contributed by atoms with Crippen molar-refractivity contribution >= 4 is 5.91 Å². The number of halogens is 3. The predicted molar refractivity (Wildman–Crippen MR) is 59.4 cm³/mol. The Hall–Kier alpha value is -1.56. The molecular formula is C12H13F3N2O. The maximum Gasteiger partial charge on any atom is 0.257 e. The molecule has 0 heterocycles. The fourth-order valence-corrected chi connectivity index (χ4v) is 1.91. The van der Waals surface area contributed by atoms with Crippen LogP contribution in [-0.2, 0) is 0 Å². The van der Waals surface area contributed by atoms with Crippen molar-refractivity contribution in [1.82, 2.24) is 5.32 Å². The number of amides is 1. The van der Waals surface area contributed by atoms with Crippen molar-refractivity contribution in [2.75, 3.05) is 6.54 Å². The van der Waals surface area contributed by atoms with Crippen LogP contribution in [0.25, 0.3) is 0 Å². The lowest BCUT2D eigenvalue weighted by molar-refractivity contribution is 0.0921. The van der Waals surface area contributed by atoms with Gasteiger partial charge >= 0.3 is 0 Å². The Kier molecular flexibility index (Phi) is 3.30. The molecule has 0 aliphatic heterocycles. The van der Waals surface area contributed by atoms with E-state index in [0.717, 1.165) is 19.3 Å². The summed E-state index contributed by atoms with van der Waals surface area (Å²) in [4.78, 5) is 11.6. The quantitative estimate of drug-likeness (QED) is 0.867. The van der Waals surface area contributed by atoms with E-state index in [0.29, 0.717) is 12.1 Å². The monoisotopic (exact) mass is 258 g/mol. The lowest BCUT2D eigenvalue weighted by Crippen LogP contribution is -2.55. The van der Waals surface area contributed by atoms with Gasteiger partial charge in [0.2, 0.25) is 0 Å². The third kappa shape index (κ3) is 2.48. The highest BCUT2D eigenvalue weighted by molar-refractivity contribution is 5.94. The standard InChI is InChI=1S/C12H13F3N2O/c13-7-4-8(14)10(9(15)5-7)11(18)17-6-12(16)2-1-3-12/h4-5H,1-3,6,16H2,(H,17,18). The number of benzene rings is 1. The lowest BCUT2D eigenvalue weighted by atomic mass is 9.78.